The number of aliphatic hydroxyl groups is 1. The van der Waals surface area contributed by atoms with Gasteiger partial charge in [-0.15, -0.1) is 0 Å². The van der Waals surface area contributed by atoms with Gasteiger partial charge in [0.2, 0.25) is 10.0 Å². The van der Waals surface area contributed by atoms with Crippen molar-refractivity contribution in [2.24, 2.45) is 0 Å². The third-order valence-corrected chi connectivity index (χ3v) is 6.82. The van der Waals surface area contributed by atoms with E-state index in [4.69, 9.17) is 9.47 Å². The third-order valence-electron chi connectivity index (χ3n) is 6.23. The second-order valence-electron chi connectivity index (χ2n) is 9.15. The molecular formula is C26H37N3O7S. The number of rotatable bonds is 13. The van der Waals surface area contributed by atoms with Crippen molar-refractivity contribution in [1.82, 2.24) is 10.2 Å². The first-order valence-corrected chi connectivity index (χ1v) is 14.3. The summed E-state index contributed by atoms with van der Waals surface area (Å²) in [5.41, 5.74) is 2.43. The number of phenols is 1. The summed E-state index contributed by atoms with van der Waals surface area (Å²) in [4.78, 5) is 14.0. The maximum absolute atomic E-state index is 12.2. The summed E-state index contributed by atoms with van der Waals surface area (Å²) in [6.07, 6.45) is 2.81. The number of sulfonamides is 1. The molecule has 1 amide bonds. The van der Waals surface area contributed by atoms with E-state index in [2.05, 4.69) is 16.1 Å². The molecule has 3 rings (SSSR count). The minimum absolute atomic E-state index is 0.00203. The molecule has 37 heavy (non-hydrogen) atoms. The smallest absolute Gasteiger partial charge is 0.260 e. The quantitative estimate of drug-likeness (QED) is 0.286. The molecular weight excluding hydrogens is 498 g/mol. The maximum Gasteiger partial charge on any atom is 0.260 e. The van der Waals surface area contributed by atoms with E-state index in [9.17, 15) is 23.4 Å². The fourth-order valence-electron chi connectivity index (χ4n) is 4.25. The minimum atomic E-state index is -3.56. The maximum atomic E-state index is 12.2. The predicted octanol–water partition coefficient (Wildman–Crippen LogP) is 1.90. The zero-order valence-electron chi connectivity index (χ0n) is 21.6. The zero-order chi connectivity index (χ0) is 27.0. The van der Waals surface area contributed by atoms with Crippen molar-refractivity contribution in [2.45, 2.75) is 45.3 Å². The van der Waals surface area contributed by atoms with Crippen molar-refractivity contribution in [3.63, 3.8) is 0 Å². The standard InChI is InChI=1S/C26H37N3O7S/c1-4-29(5-2)26(32)17-36-22-9-7-18-6-8-20(12-19(18)13-22)27-15-21(30)16-35-23-10-11-25(31)24(14-23)28-37(3,33)34/h7,9-11,13-14,20-21,27-28,30-31H,4-6,8,12,15-17H2,1-3H3/t20-,21-/m0/s1. The van der Waals surface area contributed by atoms with Crippen LogP contribution in [-0.2, 0) is 27.7 Å². The molecule has 0 aliphatic heterocycles. The van der Waals surface area contributed by atoms with E-state index in [0.717, 1.165) is 31.1 Å². The Hall–Kier alpha value is -3.02. The molecule has 204 valence electrons. The number of nitrogens with zero attached hydrogens (tertiary/aromatic N) is 1. The Bertz CT molecular complexity index is 1170. The highest BCUT2D eigenvalue weighted by Gasteiger charge is 2.20. The molecule has 1 aliphatic rings. The normalized spacial score (nSPS) is 15.9. The van der Waals surface area contributed by atoms with Gasteiger partial charge in [-0.3, -0.25) is 9.52 Å². The van der Waals surface area contributed by atoms with Crippen LogP contribution in [0.3, 0.4) is 0 Å². The monoisotopic (exact) mass is 535 g/mol. The molecule has 0 saturated heterocycles. The summed E-state index contributed by atoms with van der Waals surface area (Å²) >= 11 is 0. The van der Waals surface area contributed by atoms with Gasteiger partial charge in [-0.2, -0.15) is 0 Å². The molecule has 0 heterocycles. The van der Waals surface area contributed by atoms with Crippen LogP contribution in [0.25, 0.3) is 0 Å². The van der Waals surface area contributed by atoms with Gasteiger partial charge in [-0.1, -0.05) is 6.07 Å². The lowest BCUT2D eigenvalue weighted by molar-refractivity contribution is -0.132. The largest absolute Gasteiger partial charge is 0.506 e. The Labute approximate surface area is 218 Å². The summed E-state index contributed by atoms with van der Waals surface area (Å²) < 4.78 is 36.4. The lowest BCUT2D eigenvalue weighted by atomic mass is 9.88. The van der Waals surface area contributed by atoms with Crippen LogP contribution in [0.5, 0.6) is 17.2 Å². The van der Waals surface area contributed by atoms with E-state index in [-0.39, 0.29) is 36.6 Å². The van der Waals surface area contributed by atoms with Gasteiger partial charge in [0.15, 0.2) is 6.61 Å². The number of amides is 1. The molecule has 2 aromatic rings. The van der Waals surface area contributed by atoms with Crippen LogP contribution in [-0.4, -0.2) is 80.7 Å². The van der Waals surface area contributed by atoms with Gasteiger partial charge < -0.3 is 29.9 Å². The first-order valence-electron chi connectivity index (χ1n) is 12.4. The summed E-state index contributed by atoms with van der Waals surface area (Å²) in [5, 5.41) is 23.6. The fourth-order valence-corrected chi connectivity index (χ4v) is 4.81. The molecule has 0 bridgehead atoms. The lowest BCUT2D eigenvalue weighted by Gasteiger charge is -2.27. The van der Waals surface area contributed by atoms with Crippen LogP contribution < -0.4 is 19.5 Å². The molecule has 0 saturated carbocycles. The number of nitrogens with one attached hydrogen (secondary N) is 2. The van der Waals surface area contributed by atoms with Crippen LogP contribution in [0.4, 0.5) is 5.69 Å². The number of ether oxygens (including phenoxy) is 2. The number of aryl methyl sites for hydroxylation is 1. The fraction of sp³-hybridized carbons (Fsp3) is 0.500. The van der Waals surface area contributed by atoms with Crippen LogP contribution in [0.1, 0.15) is 31.4 Å². The number of carbonyl (C=O) groups is 1. The number of hydrogen-bond donors (Lipinski definition) is 4. The molecule has 0 aromatic heterocycles. The lowest BCUT2D eigenvalue weighted by Crippen LogP contribution is -2.40. The third kappa shape index (κ3) is 8.80. The SMILES string of the molecule is CCN(CC)C(=O)COc1ccc2c(c1)C[C@@H](NC[C@H](O)COc1ccc(O)c(NS(C)(=O)=O)c1)CC2. The van der Waals surface area contributed by atoms with Gasteiger partial charge in [0, 0.05) is 31.7 Å². The number of anilines is 1. The predicted molar refractivity (Wildman–Crippen MR) is 142 cm³/mol. The molecule has 10 nitrogen and oxygen atoms in total. The highest BCUT2D eigenvalue weighted by atomic mass is 32.2. The Morgan fingerprint density at radius 1 is 1.11 bits per heavy atom. The number of likely N-dealkylation sites (N-methyl/N-ethyl adjacent to an activating group) is 1. The van der Waals surface area contributed by atoms with Crippen molar-refractivity contribution in [3.05, 3.63) is 47.5 Å². The summed E-state index contributed by atoms with van der Waals surface area (Å²) in [6, 6.07) is 10.3. The van der Waals surface area contributed by atoms with Crippen LogP contribution >= 0.6 is 0 Å². The average Bonchev–Trinajstić information content (AvgIpc) is 2.86. The molecule has 1 aliphatic carbocycles. The van der Waals surface area contributed by atoms with Crippen LogP contribution in [0.15, 0.2) is 36.4 Å². The van der Waals surface area contributed by atoms with Crippen molar-refractivity contribution < 1.29 is 32.9 Å². The molecule has 0 radical (unpaired) electrons. The van der Waals surface area contributed by atoms with E-state index in [1.807, 2.05) is 26.0 Å². The topological polar surface area (TPSA) is 137 Å². The number of aromatic hydroxyl groups is 1. The second-order valence-corrected chi connectivity index (χ2v) is 10.9. The van der Waals surface area contributed by atoms with Gasteiger partial charge in [0.1, 0.15) is 30.0 Å². The molecule has 2 atom stereocenters. The Morgan fingerprint density at radius 2 is 1.81 bits per heavy atom. The van der Waals surface area contributed by atoms with Crippen molar-refractivity contribution >= 4 is 21.6 Å². The first-order chi connectivity index (χ1) is 17.6. The van der Waals surface area contributed by atoms with Gasteiger partial charge in [-0.25, -0.2) is 8.42 Å². The van der Waals surface area contributed by atoms with E-state index in [1.165, 1.54) is 23.8 Å². The van der Waals surface area contributed by atoms with Crippen molar-refractivity contribution in [3.8, 4) is 17.2 Å². The number of hydrogen-bond acceptors (Lipinski definition) is 8. The summed E-state index contributed by atoms with van der Waals surface area (Å²) in [7, 11) is -3.56. The molecule has 0 fully saturated rings. The number of carbonyl (C=O) groups excluding carboxylic acids is 1. The number of aliphatic hydroxyl groups excluding tert-OH is 1. The molecule has 4 N–H and O–H groups in total. The number of fused-ring (bicyclic) bond motifs is 1. The van der Waals surface area contributed by atoms with Gasteiger partial charge in [0.05, 0.1) is 11.9 Å². The Balaban J connectivity index is 1.47. The van der Waals surface area contributed by atoms with Crippen LogP contribution in [0.2, 0.25) is 0 Å². The zero-order valence-corrected chi connectivity index (χ0v) is 22.4. The van der Waals surface area contributed by atoms with E-state index in [1.54, 1.807) is 4.90 Å². The molecule has 0 spiro atoms. The number of benzene rings is 2. The van der Waals surface area contributed by atoms with Crippen molar-refractivity contribution in [2.75, 3.05) is 43.8 Å². The van der Waals surface area contributed by atoms with Gasteiger partial charge in [0.25, 0.3) is 5.91 Å². The second kappa shape index (κ2) is 13.0. The Morgan fingerprint density at radius 3 is 2.51 bits per heavy atom. The van der Waals surface area contributed by atoms with E-state index < -0.39 is 16.1 Å². The minimum Gasteiger partial charge on any atom is -0.506 e. The Kier molecular flexibility index (Phi) is 10.0. The van der Waals surface area contributed by atoms with Gasteiger partial charge >= 0.3 is 0 Å². The van der Waals surface area contributed by atoms with E-state index >= 15 is 0 Å². The number of phenolic OH excluding ortho intramolecular Hbond substituents is 1. The molecule has 11 heteroatoms. The summed E-state index contributed by atoms with van der Waals surface area (Å²) in [5.74, 6) is 0.740. The highest BCUT2D eigenvalue weighted by Crippen LogP contribution is 2.29. The van der Waals surface area contributed by atoms with Crippen molar-refractivity contribution in [1.29, 1.82) is 0 Å². The van der Waals surface area contributed by atoms with E-state index in [0.29, 0.717) is 31.1 Å². The highest BCUT2D eigenvalue weighted by molar-refractivity contribution is 7.92. The molecule has 0 unspecified atom stereocenters. The summed E-state index contributed by atoms with van der Waals surface area (Å²) in [6.45, 7) is 5.53. The van der Waals surface area contributed by atoms with Gasteiger partial charge in [-0.05, 0) is 68.5 Å². The van der Waals surface area contributed by atoms with Crippen LogP contribution in [0, 0.1) is 0 Å². The first kappa shape index (κ1) is 28.5. The average molecular weight is 536 g/mol. The molecule has 2 aromatic carbocycles.